The van der Waals surface area contributed by atoms with Crippen LogP contribution in [0.2, 0.25) is 0 Å². The Morgan fingerprint density at radius 1 is 1.34 bits per heavy atom. The maximum absolute atomic E-state index is 13.5. The molecule has 8 heteroatoms. The lowest BCUT2D eigenvalue weighted by molar-refractivity contribution is -0.137. The van der Waals surface area contributed by atoms with Crippen LogP contribution in [-0.4, -0.2) is 75.7 Å². The third-order valence-corrected chi connectivity index (χ3v) is 5.42. The Morgan fingerprint density at radius 2 is 2.10 bits per heavy atom. The van der Waals surface area contributed by atoms with Gasteiger partial charge in [0, 0.05) is 57.6 Å². The molecule has 0 aromatic carbocycles. The quantitative estimate of drug-likeness (QED) is 0.749. The standard InChI is InChI=1S/C21H35N5O3/c1-5-24-15-23-12-17(24)8-10-25(14-16-6-7-16)19(27)18-13-22-9-11-26(18)20(28)29-21(2,3)4/h12,15-16,18,22H,5-11,13-14H2,1-4H3/t18-/m1/s1. The zero-order chi connectivity index (χ0) is 21.0. The largest absolute Gasteiger partial charge is 0.444 e. The second kappa shape index (κ2) is 9.15. The maximum atomic E-state index is 13.5. The van der Waals surface area contributed by atoms with Gasteiger partial charge in [-0.25, -0.2) is 9.78 Å². The van der Waals surface area contributed by atoms with Crippen LogP contribution in [0.15, 0.2) is 12.5 Å². The minimum absolute atomic E-state index is 0.0116. The molecule has 29 heavy (non-hydrogen) atoms. The van der Waals surface area contributed by atoms with Gasteiger partial charge in [0.1, 0.15) is 11.6 Å². The van der Waals surface area contributed by atoms with Gasteiger partial charge in [-0.3, -0.25) is 9.69 Å². The SMILES string of the molecule is CCn1cncc1CCN(CC1CC1)C(=O)[C@H]1CNCCN1C(=O)OC(C)(C)C. The number of aryl methyl sites for hydroxylation is 1. The molecule has 1 saturated heterocycles. The molecule has 0 radical (unpaired) electrons. The van der Waals surface area contributed by atoms with Crippen molar-refractivity contribution in [1.29, 1.82) is 0 Å². The molecule has 3 rings (SSSR count). The molecule has 1 N–H and O–H groups in total. The molecule has 1 aromatic rings. The molecule has 2 amide bonds. The van der Waals surface area contributed by atoms with E-state index in [0.717, 1.165) is 25.2 Å². The number of nitrogens with zero attached hydrogens (tertiary/aromatic N) is 4. The number of aromatic nitrogens is 2. The molecule has 1 aliphatic carbocycles. The highest BCUT2D eigenvalue weighted by Crippen LogP contribution is 2.30. The normalized spacial score (nSPS) is 19.9. The van der Waals surface area contributed by atoms with Crippen LogP contribution in [-0.2, 0) is 22.5 Å². The summed E-state index contributed by atoms with van der Waals surface area (Å²) < 4.78 is 7.66. The van der Waals surface area contributed by atoms with Crippen molar-refractivity contribution in [3.8, 4) is 0 Å². The number of rotatable bonds is 7. The van der Waals surface area contributed by atoms with Crippen molar-refractivity contribution in [2.75, 3.05) is 32.7 Å². The smallest absolute Gasteiger partial charge is 0.411 e. The van der Waals surface area contributed by atoms with E-state index in [1.807, 2.05) is 38.2 Å². The lowest BCUT2D eigenvalue weighted by Crippen LogP contribution is -2.61. The first-order valence-corrected chi connectivity index (χ1v) is 10.8. The number of nitrogens with one attached hydrogen (secondary N) is 1. The molecule has 1 atom stereocenters. The maximum Gasteiger partial charge on any atom is 0.411 e. The lowest BCUT2D eigenvalue weighted by Gasteiger charge is -2.38. The topological polar surface area (TPSA) is 79.7 Å². The van der Waals surface area contributed by atoms with E-state index in [0.29, 0.717) is 32.1 Å². The minimum atomic E-state index is -0.582. The fourth-order valence-electron chi connectivity index (χ4n) is 3.67. The number of ether oxygens (including phenoxy) is 1. The fraction of sp³-hybridized carbons (Fsp3) is 0.762. The van der Waals surface area contributed by atoms with Gasteiger partial charge in [-0.1, -0.05) is 0 Å². The van der Waals surface area contributed by atoms with Crippen LogP contribution < -0.4 is 5.32 Å². The second-order valence-corrected chi connectivity index (χ2v) is 9.04. The molecule has 8 nitrogen and oxygen atoms in total. The van der Waals surface area contributed by atoms with E-state index < -0.39 is 17.7 Å². The van der Waals surface area contributed by atoms with E-state index in [4.69, 9.17) is 4.74 Å². The van der Waals surface area contributed by atoms with Crippen LogP contribution >= 0.6 is 0 Å². The Morgan fingerprint density at radius 3 is 2.76 bits per heavy atom. The number of carbonyl (C=O) groups is 2. The predicted molar refractivity (Wildman–Crippen MR) is 111 cm³/mol. The molecule has 0 spiro atoms. The molecule has 2 fully saturated rings. The van der Waals surface area contributed by atoms with Crippen molar-refractivity contribution >= 4 is 12.0 Å². The zero-order valence-electron chi connectivity index (χ0n) is 18.2. The van der Waals surface area contributed by atoms with Crippen molar-refractivity contribution in [3.63, 3.8) is 0 Å². The highest BCUT2D eigenvalue weighted by Gasteiger charge is 2.38. The van der Waals surface area contributed by atoms with Gasteiger partial charge >= 0.3 is 6.09 Å². The van der Waals surface area contributed by atoms with Gasteiger partial charge in [-0.2, -0.15) is 0 Å². The Labute approximate surface area is 173 Å². The molecule has 1 aromatic heterocycles. The van der Waals surface area contributed by atoms with Gasteiger partial charge in [0.25, 0.3) is 0 Å². The van der Waals surface area contributed by atoms with Crippen LogP contribution in [0.1, 0.15) is 46.2 Å². The van der Waals surface area contributed by atoms with Gasteiger partial charge in [0.15, 0.2) is 0 Å². The summed E-state index contributed by atoms with van der Waals surface area (Å²) >= 11 is 0. The van der Waals surface area contributed by atoms with E-state index in [1.165, 1.54) is 12.8 Å². The summed E-state index contributed by atoms with van der Waals surface area (Å²) in [4.78, 5) is 33.9. The minimum Gasteiger partial charge on any atom is -0.444 e. The van der Waals surface area contributed by atoms with Crippen molar-refractivity contribution < 1.29 is 14.3 Å². The number of amides is 2. The highest BCUT2D eigenvalue weighted by atomic mass is 16.6. The first kappa shape index (κ1) is 21.6. The molecular weight excluding hydrogens is 370 g/mol. The highest BCUT2D eigenvalue weighted by molar-refractivity contribution is 5.86. The summed E-state index contributed by atoms with van der Waals surface area (Å²) in [5.74, 6) is 0.596. The summed E-state index contributed by atoms with van der Waals surface area (Å²) in [6, 6.07) is -0.520. The molecule has 0 bridgehead atoms. The van der Waals surface area contributed by atoms with Crippen LogP contribution in [0.3, 0.4) is 0 Å². The van der Waals surface area contributed by atoms with E-state index in [9.17, 15) is 9.59 Å². The summed E-state index contributed by atoms with van der Waals surface area (Å²) in [6.07, 6.45) is 6.41. The molecule has 2 aliphatic rings. The van der Waals surface area contributed by atoms with Gasteiger partial charge in [-0.05, 0) is 46.5 Å². The molecule has 2 heterocycles. The van der Waals surface area contributed by atoms with E-state index >= 15 is 0 Å². The number of carbonyl (C=O) groups excluding carboxylic acids is 2. The van der Waals surface area contributed by atoms with Crippen molar-refractivity contribution in [2.24, 2.45) is 5.92 Å². The average Bonchev–Trinajstić information content (AvgIpc) is 3.38. The number of hydrogen-bond acceptors (Lipinski definition) is 5. The first-order valence-electron chi connectivity index (χ1n) is 10.8. The van der Waals surface area contributed by atoms with Crippen LogP contribution in [0, 0.1) is 5.92 Å². The molecule has 162 valence electrons. The molecule has 1 saturated carbocycles. The van der Waals surface area contributed by atoms with Gasteiger partial charge in [0.2, 0.25) is 5.91 Å². The summed E-state index contributed by atoms with van der Waals surface area (Å²) in [7, 11) is 0. The first-order chi connectivity index (χ1) is 13.8. The van der Waals surface area contributed by atoms with Gasteiger partial charge in [-0.15, -0.1) is 0 Å². The number of hydrogen-bond donors (Lipinski definition) is 1. The van der Waals surface area contributed by atoms with Crippen molar-refractivity contribution in [2.45, 2.75) is 65.1 Å². The summed E-state index contributed by atoms with van der Waals surface area (Å²) in [5.41, 5.74) is 0.550. The summed E-state index contributed by atoms with van der Waals surface area (Å²) in [6.45, 7) is 11.5. The van der Waals surface area contributed by atoms with E-state index in [2.05, 4.69) is 21.8 Å². The Hall–Kier alpha value is -2.09. The summed E-state index contributed by atoms with van der Waals surface area (Å²) in [5, 5.41) is 3.26. The van der Waals surface area contributed by atoms with Gasteiger partial charge < -0.3 is 19.5 Å². The predicted octanol–water partition coefficient (Wildman–Crippen LogP) is 1.89. The van der Waals surface area contributed by atoms with Crippen LogP contribution in [0.25, 0.3) is 0 Å². The monoisotopic (exact) mass is 405 g/mol. The Balaban J connectivity index is 1.70. The second-order valence-electron chi connectivity index (χ2n) is 9.04. The van der Waals surface area contributed by atoms with Crippen molar-refractivity contribution in [3.05, 3.63) is 18.2 Å². The number of piperazine rings is 1. The van der Waals surface area contributed by atoms with Crippen LogP contribution in [0.5, 0.6) is 0 Å². The average molecular weight is 406 g/mol. The van der Waals surface area contributed by atoms with Crippen LogP contribution in [0.4, 0.5) is 4.79 Å². The zero-order valence-corrected chi connectivity index (χ0v) is 18.2. The van der Waals surface area contributed by atoms with Gasteiger partial charge in [0.05, 0.1) is 6.33 Å². The molecule has 0 unspecified atom stereocenters. The van der Waals surface area contributed by atoms with Crippen molar-refractivity contribution in [1.82, 2.24) is 24.7 Å². The molecule has 1 aliphatic heterocycles. The fourth-order valence-corrected chi connectivity index (χ4v) is 3.67. The van der Waals surface area contributed by atoms with E-state index in [-0.39, 0.29) is 5.91 Å². The Kier molecular flexibility index (Phi) is 6.82. The Bertz CT molecular complexity index is 707. The third-order valence-electron chi connectivity index (χ3n) is 5.42. The third kappa shape index (κ3) is 5.95. The lowest BCUT2D eigenvalue weighted by atomic mass is 10.1. The van der Waals surface area contributed by atoms with E-state index in [1.54, 1.807) is 4.90 Å². The molecular formula is C21H35N5O3. The number of imidazole rings is 1.